The molecule has 1 atom stereocenters. The van der Waals surface area contributed by atoms with Crippen molar-refractivity contribution in [1.29, 1.82) is 0 Å². The van der Waals surface area contributed by atoms with Crippen LogP contribution in [0.5, 0.6) is 0 Å². The Kier molecular flexibility index (Phi) is 4.21. The van der Waals surface area contributed by atoms with E-state index in [0.29, 0.717) is 11.3 Å². The normalized spacial score (nSPS) is 28.0. The number of nitrogens with one attached hydrogen (secondary N) is 1. The molecule has 0 unspecified atom stereocenters. The van der Waals surface area contributed by atoms with Crippen LogP contribution in [0, 0.1) is 5.82 Å². The second-order valence-corrected chi connectivity index (χ2v) is 9.84. The van der Waals surface area contributed by atoms with E-state index in [0.717, 1.165) is 4.47 Å². The minimum absolute atomic E-state index is 0.102. The van der Waals surface area contributed by atoms with E-state index in [2.05, 4.69) is 27.8 Å². The van der Waals surface area contributed by atoms with E-state index < -0.39 is 26.1 Å². The van der Waals surface area contributed by atoms with E-state index in [1.807, 2.05) is 0 Å². The maximum Gasteiger partial charge on any atom is 0.224 e. The van der Waals surface area contributed by atoms with E-state index in [4.69, 9.17) is 0 Å². The predicted octanol–water partition coefficient (Wildman–Crippen LogP) is 2.96. The molecule has 2 rings (SSSR count). The number of nitrogens with zero attached hydrogens (tertiary/aromatic N) is 1. The highest BCUT2D eigenvalue weighted by Crippen LogP contribution is 2.37. The fourth-order valence-electron chi connectivity index (χ4n) is 2.67. The van der Waals surface area contributed by atoms with Crippen LogP contribution in [0.15, 0.2) is 34.9 Å². The molecule has 0 aromatic heterocycles. The molecule has 1 aliphatic rings. The molecule has 0 spiro atoms. The predicted molar refractivity (Wildman–Crippen MR) is 89.4 cm³/mol. The van der Waals surface area contributed by atoms with Gasteiger partial charge in [0.25, 0.3) is 0 Å². The van der Waals surface area contributed by atoms with Crippen LogP contribution >= 0.6 is 15.9 Å². The maximum atomic E-state index is 14.3. The van der Waals surface area contributed by atoms with Gasteiger partial charge in [0.2, 0.25) is 10.0 Å². The molecule has 22 heavy (non-hydrogen) atoms. The van der Waals surface area contributed by atoms with E-state index in [1.165, 1.54) is 17.4 Å². The summed E-state index contributed by atoms with van der Waals surface area (Å²) in [7, 11) is -2.08. The van der Waals surface area contributed by atoms with E-state index >= 15 is 0 Å². The molecule has 1 heterocycles. The molecule has 1 aliphatic heterocycles. The van der Waals surface area contributed by atoms with Gasteiger partial charge in [-0.2, -0.15) is 0 Å². The number of halogens is 2. The van der Waals surface area contributed by atoms with Crippen molar-refractivity contribution < 1.29 is 12.8 Å². The van der Waals surface area contributed by atoms with Crippen molar-refractivity contribution >= 4 is 26.0 Å². The minimum Gasteiger partial charge on any atom is -0.377 e. The van der Waals surface area contributed by atoms with Crippen LogP contribution < -0.4 is 5.32 Å². The van der Waals surface area contributed by atoms with Gasteiger partial charge < -0.3 is 5.32 Å². The summed E-state index contributed by atoms with van der Waals surface area (Å²) in [6, 6.07) is 4.63. The lowest BCUT2D eigenvalue weighted by Crippen LogP contribution is -2.46. The molecule has 0 saturated carbocycles. The standard InChI is InChI=1S/C15H20BrFN2O2S/c1-10-14(2,3)22(20,21)19(5)9-15(4,18-10)12-8-11(16)6-7-13(12)17/h6-8,18H,1,9H2,2-5H3/t15-/m0/s1. The molecule has 1 aromatic carbocycles. The first-order valence-corrected chi connectivity index (χ1v) is 9.04. The van der Waals surface area contributed by atoms with Crippen LogP contribution in [0.3, 0.4) is 0 Å². The van der Waals surface area contributed by atoms with Crippen LogP contribution in [-0.4, -0.2) is 31.1 Å². The molecule has 1 aromatic rings. The van der Waals surface area contributed by atoms with Gasteiger partial charge in [0, 0.05) is 29.3 Å². The Morgan fingerprint density at radius 1 is 1.36 bits per heavy atom. The van der Waals surface area contributed by atoms with Gasteiger partial charge in [0.1, 0.15) is 10.6 Å². The molecule has 4 nitrogen and oxygen atoms in total. The Morgan fingerprint density at radius 3 is 2.55 bits per heavy atom. The van der Waals surface area contributed by atoms with Crippen LogP contribution in [0.4, 0.5) is 4.39 Å². The van der Waals surface area contributed by atoms with Gasteiger partial charge in [-0.05, 0) is 39.0 Å². The zero-order chi connectivity index (χ0) is 16.9. The van der Waals surface area contributed by atoms with Crippen molar-refractivity contribution in [2.45, 2.75) is 31.1 Å². The first-order valence-electron chi connectivity index (χ1n) is 6.81. The fraction of sp³-hybridized carbons (Fsp3) is 0.467. The zero-order valence-corrected chi connectivity index (χ0v) is 15.5. The van der Waals surface area contributed by atoms with Crippen molar-refractivity contribution in [2.24, 2.45) is 0 Å². The summed E-state index contributed by atoms with van der Waals surface area (Å²) in [5.74, 6) is -0.392. The SMILES string of the molecule is C=C1N[C@](C)(c2cc(Br)ccc2F)CN(C)S(=O)(=O)C1(C)C. The number of hydrogen-bond donors (Lipinski definition) is 1. The highest BCUT2D eigenvalue weighted by molar-refractivity contribution is 9.10. The second-order valence-electron chi connectivity index (χ2n) is 6.33. The van der Waals surface area contributed by atoms with Crippen LogP contribution in [-0.2, 0) is 15.6 Å². The highest BCUT2D eigenvalue weighted by Gasteiger charge is 2.48. The lowest BCUT2D eigenvalue weighted by Gasteiger charge is -2.33. The Bertz CT molecular complexity index is 733. The Hall–Kier alpha value is -0.920. The molecule has 0 radical (unpaired) electrons. The summed E-state index contributed by atoms with van der Waals surface area (Å²) in [6.07, 6.45) is 0. The maximum absolute atomic E-state index is 14.3. The van der Waals surface area contributed by atoms with Gasteiger partial charge in [-0.1, -0.05) is 22.5 Å². The summed E-state index contributed by atoms with van der Waals surface area (Å²) in [5, 5.41) is 3.14. The third-order valence-corrected chi connectivity index (χ3v) is 7.25. The third kappa shape index (κ3) is 2.59. The smallest absolute Gasteiger partial charge is 0.224 e. The second kappa shape index (κ2) is 5.32. The Labute approximate surface area is 139 Å². The number of benzene rings is 1. The van der Waals surface area contributed by atoms with Gasteiger partial charge in [-0.15, -0.1) is 0 Å². The molecule has 0 amide bonds. The monoisotopic (exact) mass is 390 g/mol. The molecular weight excluding hydrogens is 371 g/mol. The average Bonchev–Trinajstić information content (AvgIpc) is 2.43. The van der Waals surface area contributed by atoms with Crippen molar-refractivity contribution in [2.75, 3.05) is 13.6 Å². The topological polar surface area (TPSA) is 49.4 Å². The summed E-state index contributed by atoms with van der Waals surface area (Å²) in [6.45, 7) is 8.94. The first kappa shape index (κ1) is 17.4. The molecule has 7 heteroatoms. The summed E-state index contributed by atoms with van der Waals surface area (Å²) in [4.78, 5) is 0. The number of likely N-dealkylation sites (N-methyl/N-ethyl adjacent to an activating group) is 1. The van der Waals surface area contributed by atoms with Crippen LogP contribution in [0.25, 0.3) is 0 Å². The lowest BCUT2D eigenvalue weighted by molar-refractivity contribution is 0.315. The minimum atomic E-state index is -3.59. The molecule has 0 aliphatic carbocycles. The first-order chi connectivity index (χ1) is 9.92. The van der Waals surface area contributed by atoms with Crippen molar-refractivity contribution in [3.05, 3.63) is 46.3 Å². The van der Waals surface area contributed by atoms with Crippen molar-refractivity contribution in [3.63, 3.8) is 0 Å². The molecule has 122 valence electrons. The molecule has 1 N–H and O–H groups in total. The van der Waals surface area contributed by atoms with Gasteiger partial charge in [-0.25, -0.2) is 17.1 Å². The largest absolute Gasteiger partial charge is 0.377 e. The van der Waals surface area contributed by atoms with E-state index in [1.54, 1.807) is 32.9 Å². The zero-order valence-electron chi connectivity index (χ0n) is 13.1. The Morgan fingerprint density at radius 2 is 1.95 bits per heavy atom. The summed E-state index contributed by atoms with van der Waals surface area (Å²) >= 11 is 3.33. The van der Waals surface area contributed by atoms with Crippen molar-refractivity contribution in [1.82, 2.24) is 9.62 Å². The van der Waals surface area contributed by atoms with Crippen LogP contribution in [0.2, 0.25) is 0 Å². The van der Waals surface area contributed by atoms with Crippen molar-refractivity contribution in [3.8, 4) is 0 Å². The van der Waals surface area contributed by atoms with Gasteiger partial charge >= 0.3 is 0 Å². The van der Waals surface area contributed by atoms with Gasteiger partial charge in [0.15, 0.2) is 0 Å². The quantitative estimate of drug-likeness (QED) is 0.801. The van der Waals surface area contributed by atoms with Gasteiger partial charge in [0.05, 0.1) is 5.54 Å². The lowest BCUT2D eigenvalue weighted by atomic mass is 9.90. The molecule has 1 saturated heterocycles. The van der Waals surface area contributed by atoms with Gasteiger partial charge in [-0.3, -0.25) is 0 Å². The highest BCUT2D eigenvalue weighted by atomic mass is 79.9. The van der Waals surface area contributed by atoms with E-state index in [9.17, 15) is 12.8 Å². The number of hydrogen-bond acceptors (Lipinski definition) is 3. The molecular formula is C15H20BrFN2O2S. The van der Waals surface area contributed by atoms with Crippen LogP contribution in [0.1, 0.15) is 26.3 Å². The number of rotatable bonds is 1. The average molecular weight is 391 g/mol. The summed E-state index contributed by atoms with van der Waals surface area (Å²) in [5.41, 5.74) is -0.179. The Balaban J connectivity index is 2.62. The third-order valence-electron chi connectivity index (χ3n) is 4.27. The van der Waals surface area contributed by atoms with E-state index in [-0.39, 0.29) is 6.54 Å². The molecule has 1 fully saturated rings. The summed E-state index contributed by atoms with van der Waals surface area (Å²) < 4.78 is 40.4. The molecule has 0 bridgehead atoms. The fourth-order valence-corrected chi connectivity index (χ4v) is 4.60. The number of sulfonamides is 1.